The first-order valence-electron chi connectivity index (χ1n) is 10.7. The Hall–Kier alpha value is -2.08. The molecule has 0 aromatic carbocycles. The first-order valence-corrected chi connectivity index (χ1v) is 13.8. The second-order valence-corrected chi connectivity index (χ2v) is 12.6. The maximum atomic E-state index is 13.2. The van der Waals surface area contributed by atoms with Crippen LogP contribution in [0.4, 0.5) is 5.13 Å². The van der Waals surface area contributed by atoms with Gasteiger partial charge in [-0.3, -0.25) is 4.79 Å². The normalized spacial score (nSPS) is 20.7. The summed E-state index contributed by atoms with van der Waals surface area (Å²) in [6, 6.07) is 7.33. The number of amides is 1. The van der Waals surface area contributed by atoms with Crippen LogP contribution in [-0.4, -0.2) is 72.8 Å². The van der Waals surface area contributed by atoms with Crippen molar-refractivity contribution >= 4 is 54.1 Å². The second kappa shape index (κ2) is 8.69. The Morgan fingerprint density at radius 3 is 2.62 bits per heavy atom. The van der Waals surface area contributed by atoms with Crippen LogP contribution in [0.25, 0.3) is 10.3 Å². The molecule has 170 valence electrons. The number of piperidine rings is 1. The smallest absolute Gasteiger partial charge is 0.252 e. The molecule has 1 amide bonds. The van der Waals surface area contributed by atoms with Gasteiger partial charge < -0.3 is 9.80 Å². The van der Waals surface area contributed by atoms with E-state index < -0.39 is 10.0 Å². The number of fused-ring (bicyclic) bond motifs is 1. The molecule has 2 aliphatic rings. The number of thiazole rings is 1. The summed E-state index contributed by atoms with van der Waals surface area (Å²) in [5.41, 5.74) is 0.899. The number of sulfonamides is 1. The van der Waals surface area contributed by atoms with Gasteiger partial charge in [-0.05, 0) is 44.0 Å². The molecule has 5 heterocycles. The molecule has 0 N–H and O–H groups in total. The topological polar surface area (TPSA) is 86.7 Å². The molecule has 5 rings (SSSR count). The molecule has 1 atom stereocenters. The molecule has 3 aromatic heterocycles. The summed E-state index contributed by atoms with van der Waals surface area (Å²) in [6.45, 7) is 5.32. The van der Waals surface area contributed by atoms with Crippen LogP contribution in [0.5, 0.6) is 0 Å². The maximum absolute atomic E-state index is 13.2. The van der Waals surface area contributed by atoms with Crippen molar-refractivity contribution in [1.29, 1.82) is 0 Å². The number of carbonyl (C=O) groups is 1. The Balaban J connectivity index is 1.22. The van der Waals surface area contributed by atoms with E-state index in [-0.39, 0.29) is 18.4 Å². The van der Waals surface area contributed by atoms with Gasteiger partial charge in [0.25, 0.3) is 10.0 Å². The number of hydrogen-bond donors (Lipinski definition) is 0. The van der Waals surface area contributed by atoms with Crippen LogP contribution in [-0.2, 0) is 14.8 Å². The van der Waals surface area contributed by atoms with Gasteiger partial charge in [0, 0.05) is 50.3 Å². The Kier molecular flexibility index (Phi) is 5.91. The predicted octanol–water partition coefficient (Wildman–Crippen LogP) is 2.81. The minimum absolute atomic E-state index is 0.0675. The number of carbonyl (C=O) groups excluding carboxylic acids is 1. The van der Waals surface area contributed by atoms with Gasteiger partial charge in [-0.15, -0.1) is 11.3 Å². The third-order valence-electron chi connectivity index (χ3n) is 6.06. The molecule has 11 heteroatoms. The van der Waals surface area contributed by atoms with Crippen molar-refractivity contribution in [3.63, 3.8) is 0 Å². The van der Waals surface area contributed by atoms with Crippen LogP contribution < -0.4 is 4.90 Å². The highest BCUT2D eigenvalue weighted by atomic mass is 32.2. The molecule has 2 aliphatic heterocycles. The van der Waals surface area contributed by atoms with Crippen molar-refractivity contribution in [2.45, 2.75) is 24.0 Å². The van der Waals surface area contributed by atoms with Crippen LogP contribution in [0, 0.1) is 12.8 Å². The highest BCUT2D eigenvalue weighted by Gasteiger charge is 2.36. The van der Waals surface area contributed by atoms with Crippen molar-refractivity contribution in [2.24, 2.45) is 5.92 Å². The molecule has 0 aliphatic carbocycles. The van der Waals surface area contributed by atoms with Gasteiger partial charge in [0.1, 0.15) is 14.6 Å². The van der Waals surface area contributed by atoms with Crippen molar-refractivity contribution in [3.8, 4) is 0 Å². The molecule has 0 saturated carbocycles. The molecule has 2 saturated heterocycles. The fraction of sp³-hybridized carbons (Fsp3) is 0.476. The van der Waals surface area contributed by atoms with Gasteiger partial charge in [0.2, 0.25) is 5.91 Å². The van der Waals surface area contributed by atoms with Crippen LogP contribution in [0.1, 0.15) is 17.7 Å². The standard InChI is InChI=1S/C21H25N5O3S3/c1-15-6-7-18(30-15)32(28,29)26-9-3-4-16(14-26)20(27)24-10-12-25(13-11-24)21-23-17-5-2-8-22-19(17)31-21/h2,5-8,16H,3-4,9-14H2,1H3. The quantitative estimate of drug-likeness (QED) is 0.558. The first-order chi connectivity index (χ1) is 15.4. The largest absolute Gasteiger partial charge is 0.344 e. The van der Waals surface area contributed by atoms with Crippen LogP contribution in [0.3, 0.4) is 0 Å². The fourth-order valence-corrected chi connectivity index (χ4v) is 8.23. The van der Waals surface area contributed by atoms with E-state index in [0.717, 1.165) is 39.9 Å². The lowest BCUT2D eigenvalue weighted by molar-refractivity contribution is -0.137. The molecule has 1 unspecified atom stereocenters. The van der Waals surface area contributed by atoms with E-state index in [1.54, 1.807) is 23.6 Å². The summed E-state index contributed by atoms with van der Waals surface area (Å²) in [5.74, 6) is -0.212. The summed E-state index contributed by atoms with van der Waals surface area (Å²) in [6.07, 6.45) is 3.21. The number of pyridine rings is 1. The van der Waals surface area contributed by atoms with E-state index >= 15 is 0 Å². The van der Waals surface area contributed by atoms with E-state index in [9.17, 15) is 13.2 Å². The van der Waals surface area contributed by atoms with Crippen LogP contribution in [0.2, 0.25) is 0 Å². The summed E-state index contributed by atoms with van der Waals surface area (Å²) in [4.78, 5) is 28.2. The van der Waals surface area contributed by atoms with E-state index in [0.29, 0.717) is 30.3 Å². The second-order valence-electron chi connectivity index (χ2n) is 8.20. The van der Waals surface area contributed by atoms with Crippen molar-refractivity contribution < 1.29 is 13.2 Å². The third-order valence-corrected chi connectivity index (χ3v) is 10.4. The van der Waals surface area contributed by atoms with E-state index in [1.165, 1.54) is 15.6 Å². The number of aromatic nitrogens is 2. The van der Waals surface area contributed by atoms with Crippen molar-refractivity contribution in [1.82, 2.24) is 19.2 Å². The van der Waals surface area contributed by atoms with E-state index in [1.807, 2.05) is 30.0 Å². The van der Waals surface area contributed by atoms with Gasteiger partial charge in [-0.2, -0.15) is 4.31 Å². The predicted molar refractivity (Wildman–Crippen MR) is 127 cm³/mol. The Labute approximate surface area is 195 Å². The number of aryl methyl sites for hydroxylation is 1. The SMILES string of the molecule is Cc1ccc(S(=O)(=O)N2CCCC(C(=O)N3CCN(c4nc5cccnc5s4)CC3)C2)s1. The zero-order valence-corrected chi connectivity index (χ0v) is 20.3. The average molecular weight is 492 g/mol. The number of thiophene rings is 1. The van der Waals surface area contributed by atoms with Crippen LogP contribution in [0.15, 0.2) is 34.7 Å². The van der Waals surface area contributed by atoms with Gasteiger partial charge in [-0.25, -0.2) is 18.4 Å². The zero-order chi connectivity index (χ0) is 22.3. The van der Waals surface area contributed by atoms with Gasteiger partial charge in [0.05, 0.1) is 5.92 Å². The molecule has 3 aromatic rings. The number of piperazine rings is 1. The molecule has 0 spiro atoms. The average Bonchev–Trinajstić information content (AvgIpc) is 3.45. The molecular weight excluding hydrogens is 466 g/mol. The summed E-state index contributed by atoms with van der Waals surface area (Å²) >= 11 is 2.86. The van der Waals surface area contributed by atoms with E-state index in [2.05, 4.69) is 14.9 Å². The highest BCUT2D eigenvalue weighted by Crippen LogP contribution is 2.30. The lowest BCUT2D eigenvalue weighted by atomic mass is 9.98. The Morgan fingerprint density at radius 2 is 1.91 bits per heavy atom. The number of nitrogens with zero attached hydrogens (tertiary/aromatic N) is 5. The fourth-order valence-electron chi connectivity index (χ4n) is 4.31. The lowest BCUT2D eigenvalue weighted by Crippen LogP contribution is -2.53. The third kappa shape index (κ3) is 4.14. The summed E-state index contributed by atoms with van der Waals surface area (Å²) in [5, 5.41) is 0.937. The number of anilines is 1. The monoisotopic (exact) mass is 491 g/mol. The minimum Gasteiger partial charge on any atom is -0.344 e. The molecule has 0 radical (unpaired) electrons. The Morgan fingerprint density at radius 1 is 1.09 bits per heavy atom. The molecule has 32 heavy (non-hydrogen) atoms. The zero-order valence-electron chi connectivity index (χ0n) is 17.8. The number of rotatable bonds is 4. The minimum atomic E-state index is -3.54. The van der Waals surface area contributed by atoms with Crippen LogP contribution >= 0.6 is 22.7 Å². The maximum Gasteiger partial charge on any atom is 0.252 e. The van der Waals surface area contributed by atoms with Gasteiger partial charge in [0.15, 0.2) is 5.13 Å². The molecular formula is C21H25N5O3S3. The highest BCUT2D eigenvalue weighted by molar-refractivity contribution is 7.91. The molecule has 8 nitrogen and oxygen atoms in total. The van der Waals surface area contributed by atoms with Gasteiger partial charge >= 0.3 is 0 Å². The first kappa shape index (κ1) is 21.7. The van der Waals surface area contributed by atoms with E-state index in [4.69, 9.17) is 0 Å². The Bertz CT molecular complexity index is 1200. The number of hydrogen-bond acceptors (Lipinski definition) is 8. The summed E-state index contributed by atoms with van der Waals surface area (Å²) < 4.78 is 27.9. The molecule has 0 bridgehead atoms. The lowest BCUT2D eigenvalue weighted by Gasteiger charge is -2.38. The molecule has 2 fully saturated rings. The van der Waals surface area contributed by atoms with Crippen molar-refractivity contribution in [2.75, 3.05) is 44.2 Å². The summed E-state index contributed by atoms with van der Waals surface area (Å²) in [7, 11) is -3.54. The van der Waals surface area contributed by atoms with Crippen molar-refractivity contribution in [3.05, 3.63) is 35.3 Å². The van der Waals surface area contributed by atoms with Gasteiger partial charge in [-0.1, -0.05) is 11.3 Å².